The number of carbonyl (C=O) groups is 1. The van der Waals surface area contributed by atoms with E-state index >= 15 is 0 Å². The lowest BCUT2D eigenvalue weighted by molar-refractivity contribution is -0.121. The van der Waals surface area contributed by atoms with Crippen molar-refractivity contribution >= 4 is 29.3 Å². The number of benzene rings is 2. The van der Waals surface area contributed by atoms with E-state index in [9.17, 15) is 4.79 Å². The third-order valence-corrected chi connectivity index (χ3v) is 7.55. The van der Waals surface area contributed by atoms with E-state index < -0.39 is 0 Å². The molecule has 1 amide bonds. The van der Waals surface area contributed by atoms with Crippen molar-refractivity contribution in [2.75, 3.05) is 0 Å². The molecule has 2 atom stereocenters. The molecule has 1 heterocycles. The Morgan fingerprint density at radius 3 is 2.79 bits per heavy atom. The Morgan fingerprint density at radius 1 is 1.18 bits per heavy atom. The molecule has 6 nitrogen and oxygen atoms in total. The van der Waals surface area contributed by atoms with Crippen LogP contribution in [0.1, 0.15) is 61.6 Å². The van der Waals surface area contributed by atoms with Gasteiger partial charge >= 0.3 is 0 Å². The first kappa shape index (κ1) is 22.3. The molecule has 172 valence electrons. The van der Waals surface area contributed by atoms with Crippen LogP contribution in [-0.2, 0) is 17.8 Å². The van der Waals surface area contributed by atoms with Gasteiger partial charge in [0.1, 0.15) is 12.4 Å². The first-order valence-corrected chi connectivity index (χ1v) is 12.7. The summed E-state index contributed by atoms with van der Waals surface area (Å²) < 4.78 is 8.02. The van der Waals surface area contributed by atoms with Crippen LogP contribution in [0.3, 0.4) is 0 Å². The second kappa shape index (κ2) is 9.77. The summed E-state index contributed by atoms with van der Waals surface area (Å²) in [4.78, 5) is 13.0. The molecular weight excluding hydrogens is 456 g/mol. The number of ether oxygens (including phenoxy) is 1. The van der Waals surface area contributed by atoms with Crippen molar-refractivity contribution < 1.29 is 9.53 Å². The number of nitrogens with one attached hydrogen (secondary N) is 1. The molecule has 0 aliphatic heterocycles. The second-order valence-electron chi connectivity index (χ2n) is 8.63. The number of aromatic nitrogens is 3. The van der Waals surface area contributed by atoms with Crippen LogP contribution < -0.4 is 10.1 Å². The molecular formula is C25H27ClN4O2S. The zero-order valence-corrected chi connectivity index (χ0v) is 20.1. The predicted molar refractivity (Wildman–Crippen MR) is 130 cm³/mol. The largest absolute Gasteiger partial charge is 0.484 e. The van der Waals surface area contributed by atoms with Crippen LogP contribution in [0.5, 0.6) is 5.75 Å². The Kier molecular flexibility index (Phi) is 6.60. The first-order chi connectivity index (χ1) is 16.1. The highest BCUT2D eigenvalue weighted by Gasteiger charge is 2.32. The van der Waals surface area contributed by atoms with Gasteiger partial charge in [0.15, 0.2) is 11.0 Å². The van der Waals surface area contributed by atoms with E-state index in [0.717, 1.165) is 43.1 Å². The lowest BCUT2D eigenvalue weighted by atomic mass is 9.88. The van der Waals surface area contributed by atoms with Crippen molar-refractivity contribution in [2.24, 2.45) is 0 Å². The minimum absolute atomic E-state index is 0.0286. The van der Waals surface area contributed by atoms with E-state index in [1.807, 2.05) is 31.2 Å². The number of rotatable bonds is 8. The van der Waals surface area contributed by atoms with E-state index in [-0.39, 0.29) is 23.8 Å². The SMILES string of the molecule is C[C@@H](Sc1nnc(COc2ccccc2Cl)n1C1CC1)C(=O)N[C@@H]1CCCc2ccccc21. The standard InChI is InChI=1S/C25H27ClN4O2S/c1-16(24(31)27-21-11-6-8-17-7-2-3-9-19(17)21)33-25-29-28-23(30(25)18-13-14-18)15-32-22-12-5-4-10-20(22)26/h2-5,7,9-10,12,16,18,21H,6,8,11,13-15H2,1H3,(H,27,31)/t16-,21-/m1/s1. The number of hydrogen-bond acceptors (Lipinski definition) is 5. The fourth-order valence-electron chi connectivity index (χ4n) is 4.29. The maximum Gasteiger partial charge on any atom is 0.233 e. The van der Waals surface area contributed by atoms with Gasteiger partial charge in [0, 0.05) is 6.04 Å². The molecule has 0 radical (unpaired) electrons. The molecule has 3 aromatic rings. The molecule has 2 aliphatic rings. The van der Waals surface area contributed by atoms with E-state index in [4.69, 9.17) is 16.3 Å². The zero-order valence-electron chi connectivity index (χ0n) is 18.5. The molecule has 8 heteroatoms. The zero-order chi connectivity index (χ0) is 22.8. The first-order valence-electron chi connectivity index (χ1n) is 11.5. The number of carbonyl (C=O) groups excluding carboxylic acids is 1. The van der Waals surface area contributed by atoms with Crippen molar-refractivity contribution in [2.45, 2.75) is 68.1 Å². The summed E-state index contributed by atoms with van der Waals surface area (Å²) >= 11 is 7.67. The normalized spacial score (nSPS) is 18.4. The van der Waals surface area contributed by atoms with Crippen molar-refractivity contribution in [3.05, 3.63) is 70.5 Å². The summed E-state index contributed by atoms with van der Waals surface area (Å²) in [7, 11) is 0. The van der Waals surface area contributed by atoms with Gasteiger partial charge in [-0.2, -0.15) is 0 Å². The van der Waals surface area contributed by atoms with Gasteiger partial charge in [0.05, 0.1) is 16.3 Å². The number of para-hydroxylation sites is 1. The highest BCUT2D eigenvalue weighted by molar-refractivity contribution is 8.00. The minimum atomic E-state index is -0.280. The van der Waals surface area contributed by atoms with Gasteiger partial charge in [0.2, 0.25) is 5.91 Å². The van der Waals surface area contributed by atoms with Crippen molar-refractivity contribution in [3.8, 4) is 5.75 Å². The highest BCUT2D eigenvalue weighted by Crippen LogP contribution is 2.40. The van der Waals surface area contributed by atoms with E-state index in [0.29, 0.717) is 16.8 Å². The molecule has 5 rings (SSSR count). The molecule has 33 heavy (non-hydrogen) atoms. The predicted octanol–water partition coefficient (Wildman–Crippen LogP) is 5.52. The lowest BCUT2D eigenvalue weighted by Crippen LogP contribution is -2.36. The maximum atomic E-state index is 13.0. The van der Waals surface area contributed by atoms with Crippen LogP contribution in [-0.4, -0.2) is 25.9 Å². The van der Waals surface area contributed by atoms with E-state index in [2.05, 4.69) is 38.3 Å². The summed E-state index contributed by atoms with van der Waals surface area (Å²) in [6.45, 7) is 2.22. The smallest absolute Gasteiger partial charge is 0.233 e. The Labute approximate surface area is 203 Å². The molecule has 2 aromatic carbocycles. The average molecular weight is 483 g/mol. The number of amides is 1. The van der Waals surface area contributed by atoms with Gasteiger partial charge in [-0.25, -0.2) is 0 Å². The molecule has 1 fully saturated rings. The number of hydrogen-bond donors (Lipinski definition) is 1. The molecule has 1 saturated carbocycles. The van der Waals surface area contributed by atoms with Gasteiger partial charge in [-0.3, -0.25) is 9.36 Å². The summed E-state index contributed by atoms with van der Waals surface area (Å²) in [6.07, 6.45) is 5.32. The number of fused-ring (bicyclic) bond motifs is 1. The Hall–Kier alpha value is -2.51. The monoisotopic (exact) mass is 482 g/mol. The molecule has 1 aromatic heterocycles. The van der Waals surface area contributed by atoms with Gasteiger partial charge in [-0.15, -0.1) is 10.2 Å². The van der Waals surface area contributed by atoms with Crippen molar-refractivity contribution in [3.63, 3.8) is 0 Å². The maximum absolute atomic E-state index is 13.0. The Morgan fingerprint density at radius 2 is 1.97 bits per heavy atom. The summed E-state index contributed by atoms with van der Waals surface area (Å²) in [6, 6.07) is 16.3. The molecule has 2 aliphatic carbocycles. The van der Waals surface area contributed by atoms with Gasteiger partial charge in [0.25, 0.3) is 0 Å². The van der Waals surface area contributed by atoms with Crippen LogP contribution >= 0.6 is 23.4 Å². The van der Waals surface area contributed by atoms with E-state index in [1.54, 1.807) is 6.07 Å². The summed E-state index contributed by atoms with van der Waals surface area (Å²) in [5, 5.41) is 13.1. The molecule has 0 spiro atoms. The number of aryl methyl sites for hydroxylation is 1. The fourth-order valence-corrected chi connectivity index (χ4v) is 5.43. The Balaban J connectivity index is 1.25. The third kappa shape index (κ3) is 5.04. The number of thioether (sulfide) groups is 1. The van der Waals surface area contributed by atoms with Crippen molar-refractivity contribution in [1.29, 1.82) is 0 Å². The van der Waals surface area contributed by atoms with Crippen molar-refractivity contribution in [1.82, 2.24) is 20.1 Å². The average Bonchev–Trinajstić information content (AvgIpc) is 3.59. The summed E-state index contributed by atoms with van der Waals surface area (Å²) in [5.74, 6) is 1.41. The highest BCUT2D eigenvalue weighted by atomic mass is 35.5. The Bertz CT molecular complexity index is 1150. The number of halogens is 1. The summed E-state index contributed by atoms with van der Waals surface area (Å²) in [5.41, 5.74) is 2.58. The van der Waals surface area contributed by atoms with Crippen LogP contribution in [0.25, 0.3) is 0 Å². The number of nitrogens with zero attached hydrogens (tertiary/aromatic N) is 3. The molecule has 0 bridgehead atoms. The van der Waals surface area contributed by atoms with Gasteiger partial charge in [-0.1, -0.05) is 59.8 Å². The van der Waals surface area contributed by atoms with Crippen LogP contribution in [0.15, 0.2) is 53.7 Å². The van der Waals surface area contributed by atoms with Crippen LogP contribution in [0.4, 0.5) is 0 Å². The minimum Gasteiger partial charge on any atom is -0.484 e. The third-order valence-electron chi connectivity index (χ3n) is 6.18. The molecule has 1 N–H and O–H groups in total. The van der Waals surface area contributed by atoms with Gasteiger partial charge < -0.3 is 10.1 Å². The topological polar surface area (TPSA) is 69.0 Å². The molecule has 0 unspecified atom stereocenters. The fraction of sp³-hybridized carbons (Fsp3) is 0.400. The van der Waals surface area contributed by atoms with Gasteiger partial charge in [-0.05, 0) is 62.3 Å². The van der Waals surface area contributed by atoms with Crippen LogP contribution in [0, 0.1) is 0 Å². The van der Waals surface area contributed by atoms with E-state index in [1.165, 1.54) is 22.9 Å². The lowest BCUT2D eigenvalue weighted by Gasteiger charge is -2.27. The quantitative estimate of drug-likeness (QED) is 0.428. The second-order valence-corrected chi connectivity index (χ2v) is 10.3. The molecule has 0 saturated heterocycles. The van der Waals surface area contributed by atoms with Crippen LogP contribution in [0.2, 0.25) is 5.02 Å².